The molecule has 148 valence electrons. The molecule has 30 heavy (non-hydrogen) atoms. The molecule has 0 unspecified atom stereocenters. The Bertz CT molecular complexity index is 1460. The van der Waals surface area contributed by atoms with Crippen molar-refractivity contribution in [2.24, 2.45) is 0 Å². The van der Waals surface area contributed by atoms with Crippen LogP contribution in [0.5, 0.6) is 0 Å². The Morgan fingerprint density at radius 3 is 1.57 bits per heavy atom. The van der Waals surface area contributed by atoms with E-state index >= 15 is 0 Å². The lowest BCUT2D eigenvalue weighted by Gasteiger charge is -2.09. The van der Waals surface area contributed by atoms with Crippen LogP contribution in [0.4, 0.5) is 22.7 Å². The summed E-state index contributed by atoms with van der Waals surface area (Å²) >= 11 is 0. The predicted octanol–water partition coefficient (Wildman–Crippen LogP) is 4.78. The zero-order chi connectivity index (χ0) is 21.7. The number of nitrogens with zero attached hydrogens (tertiary/aromatic N) is 4. The Morgan fingerprint density at radius 2 is 0.967 bits per heavy atom. The zero-order valence-corrected chi connectivity index (χ0v) is 14.7. The molecule has 0 aliphatic rings. The molecule has 0 aliphatic carbocycles. The molecule has 4 aromatic rings. The standard InChI is InChI=1S/C18H8N4O8/c23-19(24)15-13-8-7-11-10-4-2-1-3-9(10)5-6-12(11)14(13)16(20(25)26)18(22(29)30)17(15)21(27)28/h1-8H. The van der Waals surface area contributed by atoms with Gasteiger partial charge in [0.1, 0.15) is 0 Å². The highest BCUT2D eigenvalue weighted by Gasteiger charge is 2.47. The van der Waals surface area contributed by atoms with Crippen LogP contribution in [0.2, 0.25) is 0 Å². The van der Waals surface area contributed by atoms with Gasteiger partial charge in [0.15, 0.2) is 0 Å². The quantitative estimate of drug-likeness (QED) is 0.263. The Morgan fingerprint density at radius 1 is 0.467 bits per heavy atom. The minimum absolute atomic E-state index is 0.138. The molecule has 0 heterocycles. The monoisotopic (exact) mass is 408 g/mol. The maximum absolute atomic E-state index is 11.8. The third-order valence-electron chi connectivity index (χ3n) is 4.82. The van der Waals surface area contributed by atoms with Crippen LogP contribution >= 0.6 is 0 Å². The van der Waals surface area contributed by atoms with E-state index in [0.29, 0.717) is 10.8 Å². The van der Waals surface area contributed by atoms with Gasteiger partial charge in [0, 0.05) is 0 Å². The molecule has 4 aromatic carbocycles. The van der Waals surface area contributed by atoms with Crippen molar-refractivity contribution in [2.75, 3.05) is 0 Å². The first-order valence-corrected chi connectivity index (χ1v) is 8.25. The molecule has 0 bridgehead atoms. The van der Waals surface area contributed by atoms with Gasteiger partial charge in [-0.15, -0.1) is 0 Å². The van der Waals surface area contributed by atoms with Gasteiger partial charge in [-0.2, -0.15) is 0 Å². The Hall–Kier alpha value is -4.74. The molecular formula is C18H8N4O8. The molecule has 0 amide bonds. The summed E-state index contributed by atoms with van der Waals surface area (Å²) in [4.78, 5) is 41.6. The van der Waals surface area contributed by atoms with E-state index in [2.05, 4.69) is 0 Å². The maximum atomic E-state index is 11.8. The van der Waals surface area contributed by atoms with E-state index in [-0.39, 0.29) is 5.39 Å². The third-order valence-corrected chi connectivity index (χ3v) is 4.82. The number of fused-ring (bicyclic) bond motifs is 5. The second-order valence-corrected chi connectivity index (χ2v) is 6.29. The summed E-state index contributed by atoms with van der Waals surface area (Å²) in [6, 6.07) is 12.7. The highest BCUT2D eigenvalue weighted by molar-refractivity contribution is 6.23. The number of benzene rings is 4. The predicted molar refractivity (Wildman–Crippen MR) is 106 cm³/mol. The second kappa shape index (κ2) is 6.41. The normalized spacial score (nSPS) is 11.1. The fourth-order valence-corrected chi connectivity index (χ4v) is 3.72. The van der Waals surface area contributed by atoms with Crippen LogP contribution in [0.3, 0.4) is 0 Å². The smallest absolute Gasteiger partial charge is 0.258 e. The van der Waals surface area contributed by atoms with E-state index in [1.54, 1.807) is 30.3 Å². The van der Waals surface area contributed by atoms with Crippen molar-refractivity contribution < 1.29 is 19.7 Å². The lowest BCUT2D eigenvalue weighted by Crippen LogP contribution is -2.06. The average Bonchev–Trinajstić information content (AvgIpc) is 2.70. The summed E-state index contributed by atoms with van der Waals surface area (Å²) in [5.74, 6) is 0. The van der Waals surface area contributed by atoms with E-state index in [9.17, 15) is 40.5 Å². The molecule has 12 heteroatoms. The minimum atomic E-state index is -1.52. The lowest BCUT2D eigenvalue weighted by atomic mass is 9.94. The topological polar surface area (TPSA) is 173 Å². The van der Waals surface area contributed by atoms with Crippen LogP contribution in [0, 0.1) is 40.5 Å². The minimum Gasteiger partial charge on any atom is -0.258 e. The molecule has 0 fully saturated rings. The van der Waals surface area contributed by atoms with E-state index < -0.39 is 53.2 Å². The molecule has 12 nitrogen and oxygen atoms in total. The molecule has 0 spiro atoms. The van der Waals surface area contributed by atoms with Crippen LogP contribution in [0.1, 0.15) is 0 Å². The van der Waals surface area contributed by atoms with Crippen molar-refractivity contribution in [3.8, 4) is 0 Å². The summed E-state index contributed by atoms with van der Waals surface area (Å²) in [6.45, 7) is 0. The zero-order valence-electron chi connectivity index (χ0n) is 14.7. The second-order valence-electron chi connectivity index (χ2n) is 6.29. The molecular weight excluding hydrogens is 400 g/mol. The van der Waals surface area contributed by atoms with Gasteiger partial charge in [0.2, 0.25) is 0 Å². The number of hydrogen-bond acceptors (Lipinski definition) is 8. The van der Waals surface area contributed by atoms with Crippen molar-refractivity contribution >= 4 is 55.1 Å². The van der Waals surface area contributed by atoms with Gasteiger partial charge >= 0.3 is 22.7 Å². The van der Waals surface area contributed by atoms with Crippen LogP contribution < -0.4 is 0 Å². The first-order chi connectivity index (χ1) is 14.2. The van der Waals surface area contributed by atoms with Gasteiger partial charge in [-0.05, 0) is 27.6 Å². The summed E-state index contributed by atoms with van der Waals surface area (Å²) in [5.41, 5.74) is -5.37. The highest BCUT2D eigenvalue weighted by Crippen LogP contribution is 2.51. The molecule has 4 rings (SSSR count). The van der Waals surface area contributed by atoms with Gasteiger partial charge in [0.25, 0.3) is 0 Å². The van der Waals surface area contributed by atoms with Crippen molar-refractivity contribution in [1.29, 1.82) is 0 Å². The molecule has 0 atom stereocenters. The number of hydrogen-bond donors (Lipinski definition) is 0. The molecule has 0 saturated carbocycles. The Kier molecular flexibility index (Phi) is 3.98. The fourth-order valence-electron chi connectivity index (χ4n) is 3.72. The first-order valence-electron chi connectivity index (χ1n) is 8.25. The highest BCUT2D eigenvalue weighted by atomic mass is 16.7. The van der Waals surface area contributed by atoms with E-state index in [0.717, 1.165) is 11.5 Å². The molecule has 0 radical (unpaired) electrons. The third kappa shape index (κ3) is 2.47. The number of nitro benzene ring substituents is 4. The van der Waals surface area contributed by atoms with Crippen molar-refractivity contribution in [1.82, 2.24) is 0 Å². The van der Waals surface area contributed by atoms with Gasteiger partial charge in [-0.25, -0.2) is 0 Å². The van der Waals surface area contributed by atoms with E-state index in [1.807, 2.05) is 0 Å². The molecule has 0 aliphatic heterocycles. The Balaban J connectivity index is 2.42. The van der Waals surface area contributed by atoms with E-state index in [4.69, 9.17) is 0 Å². The van der Waals surface area contributed by atoms with Crippen molar-refractivity contribution in [3.05, 3.63) is 89.0 Å². The lowest BCUT2D eigenvalue weighted by molar-refractivity contribution is -0.450. The Labute approximate surface area is 164 Å². The summed E-state index contributed by atoms with van der Waals surface area (Å²) < 4.78 is 0. The largest absolute Gasteiger partial charge is 0.430 e. The van der Waals surface area contributed by atoms with Crippen molar-refractivity contribution in [3.63, 3.8) is 0 Å². The number of rotatable bonds is 4. The van der Waals surface area contributed by atoms with Crippen LogP contribution in [0.15, 0.2) is 48.5 Å². The van der Waals surface area contributed by atoms with Crippen LogP contribution in [-0.2, 0) is 0 Å². The molecule has 0 aromatic heterocycles. The number of nitro groups is 4. The summed E-state index contributed by atoms with van der Waals surface area (Å²) in [6.07, 6.45) is 0. The van der Waals surface area contributed by atoms with Gasteiger partial charge < -0.3 is 0 Å². The SMILES string of the molecule is O=[N+]([O-])c1c([N+](=O)[O-])c([N+](=O)[O-])c2c(ccc3c4ccccc4ccc32)c1[N+](=O)[O-]. The van der Waals surface area contributed by atoms with Gasteiger partial charge in [-0.1, -0.05) is 42.5 Å². The molecule has 0 saturated heterocycles. The van der Waals surface area contributed by atoms with Gasteiger partial charge in [0.05, 0.1) is 30.5 Å². The summed E-state index contributed by atoms with van der Waals surface area (Å²) in [7, 11) is 0. The van der Waals surface area contributed by atoms with Crippen molar-refractivity contribution in [2.45, 2.75) is 0 Å². The first kappa shape index (κ1) is 18.6. The van der Waals surface area contributed by atoms with Crippen LogP contribution in [0.25, 0.3) is 32.3 Å². The van der Waals surface area contributed by atoms with Crippen LogP contribution in [-0.4, -0.2) is 19.7 Å². The summed E-state index contributed by atoms with van der Waals surface area (Å²) in [5, 5.41) is 47.8. The average molecular weight is 408 g/mol. The van der Waals surface area contributed by atoms with E-state index in [1.165, 1.54) is 12.1 Å². The maximum Gasteiger partial charge on any atom is 0.430 e. The van der Waals surface area contributed by atoms with Gasteiger partial charge in [-0.3, -0.25) is 40.5 Å². The fraction of sp³-hybridized carbons (Fsp3) is 0. The molecule has 0 N–H and O–H groups in total.